The molecule has 3 heterocycles. The first-order valence-corrected chi connectivity index (χ1v) is 16.8. The van der Waals surface area contributed by atoms with Gasteiger partial charge in [0.25, 0.3) is 0 Å². The zero-order valence-electron chi connectivity index (χ0n) is 26.5. The van der Waals surface area contributed by atoms with E-state index in [0.717, 1.165) is 44.4 Å². The van der Waals surface area contributed by atoms with Crippen molar-refractivity contribution in [1.29, 1.82) is 0 Å². The normalized spacial score (nSPS) is 12.1. The highest BCUT2D eigenvalue weighted by atomic mass is 16.3. The smallest absolute Gasteiger partial charge is 0.143 e. The van der Waals surface area contributed by atoms with E-state index in [1.54, 1.807) is 0 Å². The number of aromatic nitrogens is 2. The highest BCUT2D eigenvalue weighted by molar-refractivity contribution is 6.26. The summed E-state index contributed by atoms with van der Waals surface area (Å²) in [5.74, 6) is 0. The predicted molar refractivity (Wildman–Crippen MR) is 205 cm³/mol. The van der Waals surface area contributed by atoms with Crippen LogP contribution in [0.3, 0.4) is 0 Å². The Morgan fingerprint density at radius 2 is 1.06 bits per heavy atom. The van der Waals surface area contributed by atoms with Crippen LogP contribution in [0.15, 0.2) is 174 Å². The molecule has 0 N–H and O–H groups in total. The largest absolute Gasteiger partial charge is 0.455 e. The Morgan fingerprint density at radius 3 is 1.92 bits per heavy atom. The lowest BCUT2D eigenvalue weighted by Gasteiger charge is -2.11. The zero-order chi connectivity index (χ0) is 32.1. The molecule has 0 radical (unpaired) electrons. The van der Waals surface area contributed by atoms with E-state index in [-0.39, 0.29) is 0 Å². The molecule has 49 heavy (non-hydrogen) atoms. The molecule has 0 amide bonds. The van der Waals surface area contributed by atoms with E-state index >= 15 is 0 Å². The van der Waals surface area contributed by atoms with Crippen LogP contribution in [0.25, 0.3) is 98.8 Å². The molecule has 8 aromatic carbocycles. The summed E-state index contributed by atoms with van der Waals surface area (Å²) in [6, 6.07) is 61.3. The summed E-state index contributed by atoms with van der Waals surface area (Å²) in [6.45, 7) is 0. The van der Waals surface area contributed by atoms with E-state index in [4.69, 9.17) is 4.42 Å². The maximum Gasteiger partial charge on any atom is 0.143 e. The van der Waals surface area contributed by atoms with Gasteiger partial charge >= 0.3 is 0 Å². The summed E-state index contributed by atoms with van der Waals surface area (Å²) in [4.78, 5) is 0. The molecular weight excluding hydrogens is 597 g/mol. The maximum absolute atomic E-state index is 6.40. The molecule has 228 valence electrons. The van der Waals surface area contributed by atoms with E-state index in [2.05, 4.69) is 167 Å². The first-order valence-electron chi connectivity index (χ1n) is 16.8. The molecule has 3 heteroatoms. The van der Waals surface area contributed by atoms with Crippen LogP contribution in [0.1, 0.15) is 0 Å². The van der Waals surface area contributed by atoms with Crippen LogP contribution in [-0.2, 0) is 0 Å². The highest BCUT2D eigenvalue weighted by Crippen LogP contribution is 2.43. The number of benzene rings is 8. The van der Waals surface area contributed by atoms with Crippen LogP contribution < -0.4 is 0 Å². The van der Waals surface area contributed by atoms with Crippen molar-refractivity contribution in [2.75, 3.05) is 0 Å². The fourth-order valence-electron chi connectivity index (χ4n) is 8.14. The minimum atomic E-state index is 0.915. The Morgan fingerprint density at radius 1 is 0.388 bits per heavy atom. The molecule has 0 unspecified atom stereocenters. The standard InChI is InChI=1S/C46H28N2O/c1-2-11-31-28-33(25-20-29(31)10-1)47-41-18-7-4-14-39(41)44-42(47)27-26-37-35-12-3-6-17-40(35)48(45(37)44)32-23-21-30(22-24-32)34-15-9-16-38-36-13-5-8-19-43(36)49-46(34)38/h1-28H. The Hall–Kier alpha value is -6.58. The van der Waals surface area contributed by atoms with Gasteiger partial charge in [0.1, 0.15) is 11.2 Å². The molecule has 11 rings (SSSR count). The van der Waals surface area contributed by atoms with Crippen molar-refractivity contribution in [1.82, 2.24) is 9.13 Å². The van der Waals surface area contributed by atoms with E-state index < -0.39 is 0 Å². The zero-order valence-corrected chi connectivity index (χ0v) is 26.5. The molecule has 0 atom stereocenters. The molecule has 0 aliphatic carbocycles. The van der Waals surface area contributed by atoms with Crippen LogP contribution in [-0.4, -0.2) is 9.13 Å². The summed E-state index contributed by atoms with van der Waals surface area (Å²) in [7, 11) is 0. The SMILES string of the molecule is c1ccc2cc(-n3c4ccccc4c4c3ccc3c5ccccc5n(-c5ccc(-c6cccc7c6oc6ccccc67)cc5)c34)ccc2c1. The molecule has 0 aliphatic heterocycles. The number of para-hydroxylation sites is 4. The van der Waals surface area contributed by atoms with Crippen molar-refractivity contribution in [3.05, 3.63) is 170 Å². The van der Waals surface area contributed by atoms with Crippen LogP contribution in [0.5, 0.6) is 0 Å². The van der Waals surface area contributed by atoms with Crippen LogP contribution >= 0.6 is 0 Å². The number of hydrogen-bond donors (Lipinski definition) is 0. The molecule has 3 aromatic heterocycles. The third-order valence-corrected chi connectivity index (χ3v) is 10.3. The van der Waals surface area contributed by atoms with E-state index in [9.17, 15) is 0 Å². The Balaban J connectivity index is 1.18. The van der Waals surface area contributed by atoms with Gasteiger partial charge in [0.05, 0.1) is 22.1 Å². The first kappa shape index (κ1) is 26.5. The second kappa shape index (κ2) is 9.96. The van der Waals surface area contributed by atoms with Gasteiger partial charge in [-0.25, -0.2) is 0 Å². The summed E-state index contributed by atoms with van der Waals surface area (Å²) >= 11 is 0. The van der Waals surface area contributed by atoms with E-state index in [1.807, 2.05) is 12.1 Å². The predicted octanol–water partition coefficient (Wildman–Crippen LogP) is 12.6. The van der Waals surface area contributed by atoms with E-state index in [1.165, 1.54) is 54.4 Å². The van der Waals surface area contributed by atoms with Gasteiger partial charge in [0.15, 0.2) is 0 Å². The quantitative estimate of drug-likeness (QED) is 0.192. The highest BCUT2D eigenvalue weighted by Gasteiger charge is 2.21. The summed E-state index contributed by atoms with van der Waals surface area (Å²) < 4.78 is 11.3. The van der Waals surface area contributed by atoms with Crippen LogP contribution in [0.4, 0.5) is 0 Å². The molecule has 0 bridgehead atoms. The summed E-state index contributed by atoms with van der Waals surface area (Å²) in [5.41, 5.74) is 11.2. The number of nitrogens with zero attached hydrogens (tertiary/aromatic N) is 2. The molecule has 0 fully saturated rings. The first-order chi connectivity index (χ1) is 24.3. The van der Waals surface area contributed by atoms with Crippen molar-refractivity contribution < 1.29 is 4.42 Å². The van der Waals surface area contributed by atoms with Gasteiger partial charge < -0.3 is 13.6 Å². The summed E-state index contributed by atoms with van der Waals surface area (Å²) in [6.07, 6.45) is 0. The molecule has 0 saturated heterocycles. The van der Waals surface area contributed by atoms with Crippen molar-refractivity contribution in [2.45, 2.75) is 0 Å². The number of fused-ring (bicyclic) bond motifs is 11. The fraction of sp³-hybridized carbons (Fsp3) is 0. The van der Waals surface area contributed by atoms with Gasteiger partial charge in [-0.05, 0) is 64.9 Å². The average Bonchev–Trinajstić information content (AvgIpc) is 3.82. The molecule has 3 nitrogen and oxygen atoms in total. The molecule has 0 spiro atoms. The molecule has 0 aliphatic rings. The second-order valence-electron chi connectivity index (χ2n) is 12.9. The molecular formula is C46H28N2O. The van der Waals surface area contributed by atoms with Crippen molar-refractivity contribution in [3.63, 3.8) is 0 Å². The lowest BCUT2D eigenvalue weighted by atomic mass is 10.0. The molecule has 0 saturated carbocycles. The second-order valence-corrected chi connectivity index (χ2v) is 12.9. The fourth-order valence-corrected chi connectivity index (χ4v) is 8.14. The number of hydrogen-bond acceptors (Lipinski definition) is 1. The van der Waals surface area contributed by atoms with Crippen molar-refractivity contribution in [2.24, 2.45) is 0 Å². The van der Waals surface area contributed by atoms with Gasteiger partial charge in [-0.2, -0.15) is 0 Å². The van der Waals surface area contributed by atoms with Gasteiger partial charge in [-0.15, -0.1) is 0 Å². The maximum atomic E-state index is 6.40. The van der Waals surface area contributed by atoms with Gasteiger partial charge in [0, 0.05) is 49.3 Å². The molecule has 11 aromatic rings. The number of rotatable bonds is 3. The minimum Gasteiger partial charge on any atom is -0.455 e. The summed E-state index contributed by atoms with van der Waals surface area (Å²) in [5, 5.41) is 9.77. The third-order valence-electron chi connectivity index (χ3n) is 10.3. The monoisotopic (exact) mass is 624 g/mol. The van der Waals surface area contributed by atoms with E-state index in [0.29, 0.717) is 0 Å². The Labute approximate surface area is 281 Å². The minimum absolute atomic E-state index is 0.915. The topological polar surface area (TPSA) is 23.0 Å². The van der Waals surface area contributed by atoms with Crippen LogP contribution in [0, 0.1) is 0 Å². The Kier molecular flexibility index (Phi) is 5.38. The van der Waals surface area contributed by atoms with Crippen molar-refractivity contribution >= 4 is 76.3 Å². The van der Waals surface area contributed by atoms with Crippen LogP contribution in [0.2, 0.25) is 0 Å². The van der Waals surface area contributed by atoms with Gasteiger partial charge in [-0.1, -0.05) is 121 Å². The lowest BCUT2D eigenvalue weighted by Crippen LogP contribution is -1.95. The van der Waals surface area contributed by atoms with Crippen molar-refractivity contribution in [3.8, 4) is 22.5 Å². The average molecular weight is 625 g/mol. The third kappa shape index (κ3) is 3.73. The van der Waals surface area contributed by atoms with Gasteiger partial charge in [0.2, 0.25) is 0 Å². The van der Waals surface area contributed by atoms with Gasteiger partial charge in [-0.3, -0.25) is 0 Å². The number of furan rings is 1. The Bertz CT molecular complexity index is 3100. The lowest BCUT2D eigenvalue weighted by molar-refractivity contribution is 0.670.